The van der Waals surface area contributed by atoms with E-state index in [0.717, 1.165) is 46.0 Å². The SMILES string of the molecule is O=C(c1cc(-c2cccnc2)nc2ccccc12)N1CCN(c2cccc(Cl)c2)CC1. The third-order valence-corrected chi connectivity index (χ3v) is 5.88. The van der Waals surface area contributed by atoms with E-state index in [9.17, 15) is 4.79 Å². The molecule has 0 bridgehead atoms. The average molecular weight is 429 g/mol. The molecule has 2 aromatic carbocycles. The minimum atomic E-state index is 0.0366. The molecule has 0 N–H and O–H groups in total. The fourth-order valence-corrected chi connectivity index (χ4v) is 4.21. The first kappa shape index (κ1) is 19.5. The number of halogens is 1. The smallest absolute Gasteiger partial charge is 0.254 e. The van der Waals surface area contributed by atoms with Crippen molar-refractivity contribution in [1.29, 1.82) is 0 Å². The average Bonchev–Trinajstić information content (AvgIpc) is 2.83. The van der Waals surface area contributed by atoms with Gasteiger partial charge >= 0.3 is 0 Å². The highest BCUT2D eigenvalue weighted by molar-refractivity contribution is 6.30. The summed E-state index contributed by atoms with van der Waals surface area (Å²) in [6.07, 6.45) is 3.51. The van der Waals surface area contributed by atoms with Crippen LogP contribution in [0.25, 0.3) is 22.2 Å². The molecule has 2 aromatic heterocycles. The number of aromatic nitrogens is 2. The van der Waals surface area contributed by atoms with Gasteiger partial charge in [-0.25, -0.2) is 4.98 Å². The lowest BCUT2D eigenvalue weighted by Gasteiger charge is -2.36. The van der Waals surface area contributed by atoms with Crippen LogP contribution in [0.1, 0.15) is 10.4 Å². The summed E-state index contributed by atoms with van der Waals surface area (Å²) in [5.74, 6) is 0.0366. The molecule has 0 unspecified atom stereocenters. The fraction of sp³-hybridized carbons (Fsp3) is 0.160. The molecule has 4 aromatic rings. The van der Waals surface area contributed by atoms with Crippen LogP contribution in [0.5, 0.6) is 0 Å². The summed E-state index contributed by atoms with van der Waals surface area (Å²) in [4.78, 5) is 26.7. The molecule has 0 atom stereocenters. The van der Waals surface area contributed by atoms with Gasteiger partial charge in [0.05, 0.1) is 16.8 Å². The highest BCUT2D eigenvalue weighted by Crippen LogP contribution is 2.26. The third kappa shape index (κ3) is 3.97. The van der Waals surface area contributed by atoms with Gasteiger partial charge < -0.3 is 9.80 Å². The lowest BCUT2D eigenvalue weighted by atomic mass is 10.0. The molecule has 1 amide bonds. The maximum Gasteiger partial charge on any atom is 0.254 e. The van der Waals surface area contributed by atoms with Crippen molar-refractivity contribution in [1.82, 2.24) is 14.9 Å². The second kappa shape index (κ2) is 8.36. The first-order chi connectivity index (χ1) is 15.2. The standard InChI is InChI=1S/C25H21ClN4O/c26-19-6-3-7-20(15-19)29-11-13-30(14-12-29)25(31)22-16-24(18-5-4-10-27-17-18)28-23-9-2-1-8-21(22)23/h1-10,15-17H,11-14H2. The Bertz CT molecular complexity index is 1240. The van der Waals surface area contributed by atoms with E-state index >= 15 is 0 Å². The van der Waals surface area contributed by atoms with Gasteiger partial charge in [-0.3, -0.25) is 9.78 Å². The van der Waals surface area contributed by atoms with Crippen molar-refractivity contribution >= 4 is 34.1 Å². The summed E-state index contributed by atoms with van der Waals surface area (Å²) < 4.78 is 0. The highest BCUT2D eigenvalue weighted by Gasteiger charge is 2.24. The van der Waals surface area contributed by atoms with Crippen molar-refractivity contribution in [3.8, 4) is 11.3 Å². The number of piperazine rings is 1. The Morgan fingerprint density at radius 3 is 2.52 bits per heavy atom. The molecule has 1 fully saturated rings. The Morgan fingerprint density at radius 1 is 0.903 bits per heavy atom. The fourth-order valence-electron chi connectivity index (χ4n) is 4.03. The zero-order valence-corrected chi connectivity index (χ0v) is 17.7. The Labute approximate surface area is 185 Å². The zero-order chi connectivity index (χ0) is 21.2. The van der Waals surface area contributed by atoms with Gasteiger partial charge in [0.2, 0.25) is 0 Å². The number of benzene rings is 2. The molecule has 1 saturated heterocycles. The summed E-state index contributed by atoms with van der Waals surface area (Å²) in [6, 6.07) is 21.4. The first-order valence-corrected chi connectivity index (χ1v) is 10.7. The number of carbonyl (C=O) groups is 1. The number of hydrogen-bond donors (Lipinski definition) is 0. The van der Waals surface area contributed by atoms with Crippen LogP contribution in [0.3, 0.4) is 0 Å². The van der Waals surface area contributed by atoms with E-state index in [1.807, 2.05) is 65.6 Å². The zero-order valence-electron chi connectivity index (χ0n) is 16.9. The Morgan fingerprint density at radius 2 is 1.74 bits per heavy atom. The molecule has 0 aliphatic carbocycles. The number of fused-ring (bicyclic) bond motifs is 1. The predicted octanol–water partition coefficient (Wildman–Crippen LogP) is 4.91. The summed E-state index contributed by atoms with van der Waals surface area (Å²) >= 11 is 6.14. The second-order valence-electron chi connectivity index (χ2n) is 7.57. The van der Waals surface area contributed by atoms with Crippen LogP contribution >= 0.6 is 11.6 Å². The van der Waals surface area contributed by atoms with Crippen molar-refractivity contribution in [2.45, 2.75) is 0 Å². The molecule has 5 nitrogen and oxygen atoms in total. The molecule has 0 radical (unpaired) electrons. The molecule has 1 aliphatic heterocycles. The summed E-state index contributed by atoms with van der Waals surface area (Å²) in [6.45, 7) is 2.85. The Kier molecular flexibility index (Phi) is 5.26. The molecule has 3 heterocycles. The van der Waals surface area contributed by atoms with Gasteiger partial charge in [0.15, 0.2) is 0 Å². The molecular formula is C25H21ClN4O. The molecule has 154 valence electrons. The molecule has 0 saturated carbocycles. The summed E-state index contributed by atoms with van der Waals surface area (Å²) in [7, 11) is 0. The number of carbonyl (C=O) groups excluding carboxylic acids is 1. The lowest BCUT2D eigenvalue weighted by Crippen LogP contribution is -2.48. The number of nitrogens with zero attached hydrogens (tertiary/aromatic N) is 4. The van der Waals surface area contributed by atoms with Gasteiger partial charge in [-0.1, -0.05) is 35.9 Å². The number of amides is 1. The minimum absolute atomic E-state index is 0.0366. The van der Waals surface area contributed by atoms with Crippen LogP contribution in [0.4, 0.5) is 5.69 Å². The second-order valence-corrected chi connectivity index (χ2v) is 8.01. The molecule has 31 heavy (non-hydrogen) atoms. The number of hydrogen-bond acceptors (Lipinski definition) is 4. The Hall–Kier alpha value is -3.44. The normalized spacial score (nSPS) is 14.1. The van der Waals surface area contributed by atoms with Crippen molar-refractivity contribution < 1.29 is 4.79 Å². The number of anilines is 1. The van der Waals surface area contributed by atoms with Gasteiger partial charge in [0.25, 0.3) is 5.91 Å². The van der Waals surface area contributed by atoms with Gasteiger partial charge in [0.1, 0.15) is 0 Å². The first-order valence-electron chi connectivity index (χ1n) is 10.3. The van der Waals surface area contributed by atoms with E-state index in [1.54, 1.807) is 12.4 Å². The summed E-state index contributed by atoms with van der Waals surface area (Å²) in [5, 5.41) is 1.60. The van der Waals surface area contributed by atoms with Crippen LogP contribution in [-0.4, -0.2) is 47.0 Å². The van der Waals surface area contributed by atoms with Crippen molar-refractivity contribution in [2.24, 2.45) is 0 Å². The monoisotopic (exact) mass is 428 g/mol. The minimum Gasteiger partial charge on any atom is -0.368 e. The molecule has 5 rings (SSSR count). The lowest BCUT2D eigenvalue weighted by molar-refractivity contribution is 0.0748. The maximum atomic E-state index is 13.5. The highest BCUT2D eigenvalue weighted by atomic mass is 35.5. The van der Waals surface area contributed by atoms with E-state index < -0.39 is 0 Å². The van der Waals surface area contributed by atoms with Gasteiger partial charge in [0, 0.05) is 60.2 Å². The third-order valence-electron chi connectivity index (χ3n) is 5.64. The largest absolute Gasteiger partial charge is 0.368 e. The van der Waals surface area contributed by atoms with Crippen LogP contribution in [-0.2, 0) is 0 Å². The van der Waals surface area contributed by atoms with Crippen molar-refractivity contribution in [3.63, 3.8) is 0 Å². The van der Waals surface area contributed by atoms with E-state index in [1.165, 1.54) is 0 Å². The van der Waals surface area contributed by atoms with E-state index in [-0.39, 0.29) is 5.91 Å². The van der Waals surface area contributed by atoms with Crippen molar-refractivity contribution in [2.75, 3.05) is 31.1 Å². The van der Waals surface area contributed by atoms with Gasteiger partial charge in [-0.2, -0.15) is 0 Å². The van der Waals surface area contributed by atoms with Crippen LogP contribution in [0.15, 0.2) is 79.1 Å². The topological polar surface area (TPSA) is 49.3 Å². The van der Waals surface area contributed by atoms with Crippen LogP contribution < -0.4 is 4.90 Å². The number of para-hydroxylation sites is 1. The van der Waals surface area contributed by atoms with Gasteiger partial charge in [-0.15, -0.1) is 0 Å². The predicted molar refractivity (Wildman–Crippen MR) is 125 cm³/mol. The van der Waals surface area contributed by atoms with Crippen LogP contribution in [0.2, 0.25) is 5.02 Å². The van der Waals surface area contributed by atoms with Gasteiger partial charge in [-0.05, 0) is 42.5 Å². The van der Waals surface area contributed by atoms with E-state index in [2.05, 4.69) is 16.0 Å². The molecule has 0 spiro atoms. The Balaban J connectivity index is 1.43. The molecule has 1 aliphatic rings. The number of rotatable bonds is 3. The van der Waals surface area contributed by atoms with Crippen molar-refractivity contribution in [3.05, 3.63) is 89.7 Å². The molecule has 6 heteroatoms. The maximum absolute atomic E-state index is 13.5. The quantitative estimate of drug-likeness (QED) is 0.465. The van der Waals surface area contributed by atoms with Crippen LogP contribution in [0, 0.1) is 0 Å². The van der Waals surface area contributed by atoms with E-state index in [0.29, 0.717) is 18.7 Å². The molecular weight excluding hydrogens is 408 g/mol. The number of pyridine rings is 2. The summed E-state index contributed by atoms with van der Waals surface area (Å²) in [5.41, 5.74) is 4.24. The van der Waals surface area contributed by atoms with E-state index in [4.69, 9.17) is 16.6 Å².